The molecule has 0 aliphatic heterocycles. The van der Waals surface area contributed by atoms with Crippen LogP contribution >= 0.6 is 11.3 Å². The molecule has 0 saturated heterocycles. The van der Waals surface area contributed by atoms with Crippen LogP contribution < -0.4 is 5.32 Å². The first-order valence-electron chi connectivity index (χ1n) is 6.39. The summed E-state index contributed by atoms with van der Waals surface area (Å²) in [6.45, 7) is 2.18. The molecule has 0 aliphatic carbocycles. The average molecular weight is 268 g/mol. The number of rotatable bonds is 3. The average Bonchev–Trinajstić information content (AvgIpc) is 2.95. The second kappa shape index (κ2) is 5.11. The molecule has 1 atom stereocenters. The summed E-state index contributed by atoms with van der Waals surface area (Å²) in [6, 6.07) is 13.3. The highest BCUT2D eigenvalue weighted by molar-refractivity contribution is 7.15. The van der Waals surface area contributed by atoms with E-state index in [1.807, 2.05) is 30.8 Å². The maximum atomic E-state index is 4.19. The van der Waals surface area contributed by atoms with Crippen LogP contribution in [0.4, 0.5) is 0 Å². The van der Waals surface area contributed by atoms with Crippen molar-refractivity contribution in [1.29, 1.82) is 0 Å². The van der Waals surface area contributed by atoms with Gasteiger partial charge in [-0.05, 0) is 43.1 Å². The monoisotopic (exact) mass is 268 g/mol. The zero-order valence-electron chi connectivity index (χ0n) is 11.1. The van der Waals surface area contributed by atoms with E-state index in [4.69, 9.17) is 0 Å². The molecule has 3 rings (SSSR count). The minimum absolute atomic E-state index is 0.399. The van der Waals surface area contributed by atoms with Crippen LogP contribution in [0.25, 0.3) is 21.2 Å². The van der Waals surface area contributed by atoms with Crippen LogP contribution in [-0.2, 0) is 0 Å². The number of hydrogen-bond acceptors (Lipinski definition) is 3. The molecule has 3 aromatic rings. The molecule has 0 radical (unpaired) electrons. The normalized spacial score (nSPS) is 12.7. The predicted octanol–water partition coefficient (Wildman–Crippen LogP) is 4.24. The summed E-state index contributed by atoms with van der Waals surface area (Å²) in [4.78, 5) is 6.87. The van der Waals surface area contributed by atoms with Crippen LogP contribution in [0.3, 0.4) is 0 Å². The van der Waals surface area contributed by atoms with E-state index in [0.717, 1.165) is 0 Å². The highest BCUT2D eigenvalue weighted by Gasteiger charge is 2.09. The van der Waals surface area contributed by atoms with Crippen molar-refractivity contribution in [2.75, 3.05) is 7.05 Å². The van der Waals surface area contributed by atoms with Crippen molar-refractivity contribution in [2.45, 2.75) is 13.0 Å². The molecule has 96 valence electrons. The molecule has 1 N–H and O–H groups in total. The number of hydrogen-bond donors (Lipinski definition) is 1. The van der Waals surface area contributed by atoms with Gasteiger partial charge in [-0.15, -0.1) is 11.3 Å². The largest absolute Gasteiger partial charge is 0.313 e. The summed E-state index contributed by atoms with van der Waals surface area (Å²) in [5.74, 6) is 0. The van der Waals surface area contributed by atoms with Crippen molar-refractivity contribution in [3.63, 3.8) is 0 Å². The maximum Gasteiger partial charge on any atom is 0.0383 e. The van der Waals surface area contributed by atoms with Gasteiger partial charge < -0.3 is 5.32 Å². The number of nitrogens with one attached hydrogen (secondary N) is 1. The summed E-state index contributed by atoms with van der Waals surface area (Å²) in [7, 11) is 1.99. The van der Waals surface area contributed by atoms with Crippen LogP contribution in [0.5, 0.6) is 0 Å². The standard InChI is InChI=1S/C16H16N2S/c1-11(17-2)15-6-7-16(19-15)14-5-3-4-12-10-18-9-8-13(12)14/h3-11,17H,1-2H3. The Morgan fingerprint density at radius 1 is 1.16 bits per heavy atom. The molecule has 2 heterocycles. The molecule has 0 saturated carbocycles. The molecule has 0 spiro atoms. The second-order valence-corrected chi connectivity index (χ2v) is 5.73. The second-order valence-electron chi connectivity index (χ2n) is 4.61. The van der Waals surface area contributed by atoms with Gasteiger partial charge in [0, 0.05) is 33.6 Å². The number of pyridine rings is 1. The van der Waals surface area contributed by atoms with Crippen LogP contribution in [-0.4, -0.2) is 12.0 Å². The lowest BCUT2D eigenvalue weighted by atomic mass is 10.1. The number of nitrogens with zero attached hydrogens (tertiary/aromatic N) is 1. The van der Waals surface area contributed by atoms with Crippen molar-refractivity contribution in [3.05, 3.63) is 53.7 Å². The Hall–Kier alpha value is -1.71. The Bertz CT molecular complexity index is 697. The fourth-order valence-electron chi connectivity index (χ4n) is 2.21. The fourth-order valence-corrected chi connectivity index (χ4v) is 3.32. The lowest BCUT2D eigenvalue weighted by Gasteiger charge is -2.06. The van der Waals surface area contributed by atoms with Gasteiger partial charge >= 0.3 is 0 Å². The Morgan fingerprint density at radius 2 is 2.05 bits per heavy atom. The lowest BCUT2D eigenvalue weighted by Crippen LogP contribution is -2.10. The van der Waals surface area contributed by atoms with E-state index >= 15 is 0 Å². The molecule has 0 aliphatic rings. The number of thiophene rings is 1. The van der Waals surface area contributed by atoms with Crippen molar-refractivity contribution >= 4 is 22.1 Å². The molecule has 2 nitrogen and oxygen atoms in total. The van der Waals surface area contributed by atoms with E-state index < -0.39 is 0 Å². The molecule has 0 fully saturated rings. The lowest BCUT2D eigenvalue weighted by molar-refractivity contribution is 0.664. The van der Waals surface area contributed by atoms with Crippen molar-refractivity contribution < 1.29 is 0 Å². The third-order valence-electron chi connectivity index (χ3n) is 3.43. The molecular formula is C16H16N2S. The van der Waals surface area contributed by atoms with Crippen LogP contribution in [0.1, 0.15) is 17.8 Å². The van der Waals surface area contributed by atoms with Crippen molar-refractivity contribution in [2.24, 2.45) is 0 Å². The zero-order valence-corrected chi connectivity index (χ0v) is 11.9. The number of fused-ring (bicyclic) bond motifs is 1. The van der Waals surface area contributed by atoms with Gasteiger partial charge in [0.15, 0.2) is 0 Å². The smallest absolute Gasteiger partial charge is 0.0383 e. The summed E-state index contributed by atoms with van der Waals surface area (Å²) in [5.41, 5.74) is 1.29. The molecule has 2 aromatic heterocycles. The van der Waals surface area contributed by atoms with E-state index in [0.29, 0.717) is 6.04 Å². The maximum absolute atomic E-state index is 4.19. The number of benzene rings is 1. The summed E-state index contributed by atoms with van der Waals surface area (Å²) in [6.07, 6.45) is 3.78. The Kier molecular flexibility index (Phi) is 3.32. The van der Waals surface area contributed by atoms with E-state index in [1.54, 1.807) is 0 Å². The zero-order chi connectivity index (χ0) is 13.2. The highest BCUT2D eigenvalue weighted by atomic mass is 32.1. The molecular weight excluding hydrogens is 252 g/mol. The van der Waals surface area contributed by atoms with Gasteiger partial charge in [0.05, 0.1) is 0 Å². The molecule has 0 amide bonds. The van der Waals surface area contributed by atoms with E-state index in [9.17, 15) is 0 Å². The highest BCUT2D eigenvalue weighted by Crippen LogP contribution is 2.35. The van der Waals surface area contributed by atoms with E-state index in [2.05, 4.69) is 53.6 Å². The Balaban J connectivity index is 2.12. The molecule has 1 unspecified atom stereocenters. The van der Waals surface area contributed by atoms with Gasteiger partial charge in [-0.25, -0.2) is 0 Å². The third kappa shape index (κ3) is 2.27. The van der Waals surface area contributed by atoms with Gasteiger partial charge in [0.2, 0.25) is 0 Å². The first-order valence-corrected chi connectivity index (χ1v) is 7.21. The molecule has 1 aromatic carbocycles. The quantitative estimate of drug-likeness (QED) is 0.768. The number of aromatic nitrogens is 1. The first-order chi connectivity index (χ1) is 9.29. The van der Waals surface area contributed by atoms with Gasteiger partial charge in [0.25, 0.3) is 0 Å². The Morgan fingerprint density at radius 3 is 2.89 bits per heavy atom. The van der Waals surface area contributed by atoms with Crippen LogP contribution in [0.2, 0.25) is 0 Å². The van der Waals surface area contributed by atoms with E-state index in [-0.39, 0.29) is 0 Å². The molecule has 19 heavy (non-hydrogen) atoms. The molecule has 0 bridgehead atoms. The van der Waals surface area contributed by atoms with E-state index in [1.165, 1.54) is 26.1 Å². The molecule has 3 heteroatoms. The van der Waals surface area contributed by atoms with Gasteiger partial charge in [-0.1, -0.05) is 18.2 Å². The van der Waals surface area contributed by atoms with Gasteiger partial charge in [-0.2, -0.15) is 0 Å². The topological polar surface area (TPSA) is 24.9 Å². The summed E-state index contributed by atoms with van der Waals surface area (Å²) in [5, 5.41) is 5.74. The van der Waals surface area contributed by atoms with Crippen LogP contribution in [0, 0.1) is 0 Å². The predicted molar refractivity (Wildman–Crippen MR) is 82.5 cm³/mol. The van der Waals surface area contributed by atoms with Crippen molar-refractivity contribution in [1.82, 2.24) is 10.3 Å². The van der Waals surface area contributed by atoms with Crippen LogP contribution in [0.15, 0.2) is 48.8 Å². The SMILES string of the molecule is CNC(C)c1ccc(-c2cccc3cnccc23)s1. The van der Waals surface area contributed by atoms with Gasteiger partial charge in [-0.3, -0.25) is 4.98 Å². The fraction of sp³-hybridized carbons (Fsp3) is 0.188. The summed E-state index contributed by atoms with van der Waals surface area (Å²) >= 11 is 1.85. The van der Waals surface area contributed by atoms with Crippen molar-refractivity contribution in [3.8, 4) is 10.4 Å². The first kappa shape index (κ1) is 12.3. The Labute approximate surface area is 117 Å². The third-order valence-corrected chi connectivity index (χ3v) is 4.73. The minimum Gasteiger partial charge on any atom is -0.313 e. The minimum atomic E-state index is 0.399. The van der Waals surface area contributed by atoms with Gasteiger partial charge in [0.1, 0.15) is 0 Å². The summed E-state index contributed by atoms with van der Waals surface area (Å²) < 4.78 is 0.